The van der Waals surface area contributed by atoms with Crippen molar-refractivity contribution in [2.75, 3.05) is 12.5 Å². The van der Waals surface area contributed by atoms with Crippen LogP contribution in [-0.2, 0) is 19.3 Å². The van der Waals surface area contributed by atoms with Gasteiger partial charge in [0.05, 0.1) is 6.61 Å². The Morgan fingerprint density at radius 2 is 1.70 bits per heavy atom. The zero-order valence-electron chi connectivity index (χ0n) is 21.9. The molecule has 1 heterocycles. The van der Waals surface area contributed by atoms with Crippen molar-refractivity contribution in [3.05, 3.63) is 24.3 Å². The van der Waals surface area contributed by atoms with Gasteiger partial charge in [-0.15, -0.1) is 22.9 Å². The van der Waals surface area contributed by atoms with Gasteiger partial charge >= 0.3 is 13.7 Å². The van der Waals surface area contributed by atoms with Gasteiger partial charge in [-0.2, -0.15) is 12.7 Å². The normalized spacial score (nSPS) is 13.1. The molecule has 210 valence electrons. The molecule has 0 saturated heterocycles. The minimum absolute atomic E-state index is 0.230. The van der Waals surface area contributed by atoms with Gasteiger partial charge in [0.1, 0.15) is 15.6 Å². The molecule has 0 atom stereocenters. The lowest BCUT2D eigenvalue weighted by Crippen LogP contribution is -2.55. The summed E-state index contributed by atoms with van der Waals surface area (Å²) >= 11 is 6.58. The van der Waals surface area contributed by atoms with E-state index in [0.29, 0.717) is 28.3 Å². The van der Waals surface area contributed by atoms with Gasteiger partial charge in [-0.1, -0.05) is 26.7 Å². The topological polar surface area (TPSA) is 130 Å². The number of fused-ring (bicyclic) bond motifs is 1. The van der Waals surface area contributed by atoms with Crippen molar-refractivity contribution in [1.29, 1.82) is 0 Å². The van der Waals surface area contributed by atoms with Crippen LogP contribution in [0.5, 0.6) is 5.75 Å². The summed E-state index contributed by atoms with van der Waals surface area (Å²) in [5, 5.41) is -1.71. The molecule has 0 unspecified atom stereocenters. The molecule has 0 bridgehead atoms. The summed E-state index contributed by atoms with van der Waals surface area (Å²) in [5.41, 5.74) is -1.09. The first-order valence-electron chi connectivity index (χ1n) is 12.2. The van der Waals surface area contributed by atoms with E-state index in [4.69, 9.17) is 21.1 Å². The lowest BCUT2D eigenvalue weighted by atomic mass is 10.1. The van der Waals surface area contributed by atoms with Crippen LogP contribution in [0.15, 0.2) is 28.5 Å². The molecule has 0 spiro atoms. The first kappa shape index (κ1) is 31.9. The van der Waals surface area contributed by atoms with E-state index in [-0.39, 0.29) is 21.4 Å². The molecule has 9 nitrogen and oxygen atoms in total. The van der Waals surface area contributed by atoms with E-state index in [1.54, 1.807) is 39.0 Å². The number of amides is 1. The van der Waals surface area contributed by atoms with Crippen LogP contribution < -0.4 is 4.74 Å². The number of carbonyl (C=O) groups excluding carboxylic acids is 1. The zero-order chi connectivity index (χ0) is 28.1. The van der Waals surface area contributed by atoms with Crippen LogP contribution in [0.4, 0.5) is 4.79 Å². The van der Waals surface area contributed by atoms with E-state index in [0.717, 1.165) is 37.0 Å². The molecule has 1 aromatic heterocycles. The molecule has 0 radical (unpaired) electrons. The molecular formula is C24H37ClNO8PS2. The molecule has 37 heavy (non-hydrogen) atoms. The Balaban J connectivity index is 2.48. The summed E-state index contributed by atoms with van der Waals surface area (Å²) in [5.74, 6) is 1.21. The number of halogens is 1. The third-order valence-corrected chi connectivity index (χ3v) is 11.6. The number of sulfonamides is 1. The van der Waals surface area contributed by atoms with Crippen molar-refractivity contribution in [1.82, 2.24) is 4.31 Å². The number of hydrogen-bond acceptors (Lipinski definition) is 7. The van der Waals surface area contributed by atoms with E-state index < -0.39 is 34.6 Å². The van der Waals surface area contributed by atoms with E-state index in [9.17, 15) is 27.6 Å². The van der Waals surface area contributed by atoms with Crippen LogP contribution in [-0.4, -0.2) is 52.0 Å². The molecule has 1 aromatic carbocycles. The molecule has 13 heteroatoms. The Bertz CT molecular complexity index is 1220. The van der Waals surface area contributed by atoms with Gasteiger partial charge < -0.3 is 19.3 Å². The number of carbonyl (C=O) groups is 1. The summed E-state index contributed by atoms with van der Waals surface area (Å²) in [7, 11) is -9.85. The highest BCUT2D eigenvalue weighted by molar-refractivity contribution is 7.92. The van der Waals surface area contributed by atoms with E-state index in [1.165, 1.54) is 19.9 Å². The summed E-state index contributed by atoms with van der Waals surface area (Å²) in [6.07, 6.45) is 1.89. The number of nitrogens with zero attached hydrogens (tertiary/aromatic N) is 1. The van der Waals surface area contributed by atoms with Crippen LogP contribution in [0, 0.1) is 0 Å². The average Bonchev–Trinajstić information content (AvgIpc) is 3.22. The molecule has 0 aliphatic carbocycles. The van der Waals surface area contributed by atoms with Crippen molar-refractivity contribution in [3.63, 3.8) is 0 Å². The number of hydrogen-bond donors (Lipinski definition) is 2. The lowest BCUT2D eigenvalue weighted by molar-refractivity contribution is 0.0269. The summed E-state index contributed by atoms with van der Waals surface area (Å²) < 4.78 is 52.2. The zero-order valence-corrected chi connectivity index (χ0v) is 25.2. The van der Waals surface area contributed by atoms with Crippen LogP contribution in [0.25, 0.3) is 10.1 Å². The summed E-state index contributed by atoms with van der Waals surface area (Å²) in [4.78, 5) is 33.8. The molecule has 2 rings (SSSR count). The van der Waals surface area contributed by atoms with Crippen molar-refractivity contribution in [2.45, 2.75) is 88.2 Å². The van der Waals surface area contributed by atoms with Gasteiger partial charge in [0.15, 0.2) is 5.28 Å². The minimum atomic E-state index is -5.14. The molecule has 0 fully saturated rings. The second kappa shape index (κ2) is 12.7. The van der Waals surface area contributed by atoms with Crippen molar-refractivity contribution in [2.24, 2.45) is 0 Å². The maximum atomic E-state index is 13.9. The molecule has 0 aliphatic rings. The molecular weight excluding hydrogens is 561 g/mol. The summed E-state index contributed by atoms with van der Waals surface area (Å²) in [6, 6.07) is 6.54. The van der Waals surface area contributed by atoms with Crippen LogP contribution in [0.2, 0.25) is 0 Å². The monoisotopic (exact) mass is 597 g/mol. The number of thiophene rings is 1. The predicted molar refractivity (Wildman–Crippen MR) is 147 cm³/mol. The number of unbranched alkanes of at least 4 members (excludes halogenated alkanes) is 3. The molecule has 0 saturated carbocycles. The smallest absolute Gasteiger partial charge is 0.425 e. The van der Waals surface area contributed by atoms with Crippen LogP contribution in [0.1, 0.15) is 73.1 Å². The second-order valence-corrected chi connectivity index (χ2v) is 15.1. The van der Waals surface area contributed by atoms with Crippen molar-refractivity contribution in [3.8, 4) is 5.75 Å². The lowest BCUT2D eigenvalue weighted by Gasteiger charge is -2.41. The van der Waals surface area contributed by atoms with E-state index in [2.05, 4.69) is 0 Å². The van der Waals surface area contributed by atoms with Gasteiger partial charge in [0, 0.05) is 10.6 Å². The summed E-state index contributed by atoms with van der Waals surface area (Å²) in [6.45, 7) is 8.01. The third kappa shape index (κ3) is 7.61. The molecule has 0 aliphatic heterocycles. The Morgan fingerprint density at radius 3 is 2.24 bits per heavy atom. The Morgan fingerprint density at radius 1 is 1.08 bits per heavy atom. The second-order valence-electron chi connectivity index (χ2n) is 9.70. The highest BCUT2D eigenvalue weighted by Gasteiger charge is 2.57. The Hall–Kier alpha value is -1.36. The van der Waals surface area contributed by atoms with E-state index >= 15 is 0 Å². The largest absolute Gasteiger partial charge is 0.494 e. The van der Waals surface area contributed by atoms with Crippen molar-refractivity contribution < 1.29 is 37.0 Å². The fourth-order valence-corrected chi connectivity index (χ4v) is 9.00. The molecule has 1 amide bonds. The predicted octanol–water partition coefficient (Wildman–Crippen LogP) is 6.70. The number of rotatable bonds is 13. The average molecular weight is 598 g/mol. The minimum Gasteiger partial charge on any atom is -0.494 e. The fourth-order valence-electron chi connectivity index (χ4n) is 3.90. The molecule has 2 aromatic rings. The van der Waals surface area contributed by atoms with Gasteiger partial charge in [0.2, 0.25) is 0 Å². The quantitative estimate of drug-likeness (QED) is 0.148. The standard InChI is InChI=1S/C24H37ClNO8PS2/c1-6-24(7-2,35(28,29)30)26(22(27)34-23(3,4)5)37(31,32)21-16-18-12-13-19(17-20(18)36-21)33-15-11-9-8-10-14-25/h12-13,16-17H,6-11,14-15H2,1-5H3,(H2,28,29,30). The highest BCUT2D eigenvalue weighted by atomic mass is 35.5. The third-order valence-electron chi connectivity index (χ3n) is 5.87. The molecule has 2 N–H and O–H groups in total. The van der Waals surface area contributed by atoms with E-state index in [1.807, 2.05) is 0 Å². The number of ether oxygens (including phenoxy) is 2. The fraction of sp³-hybridized carbons (Fsp3) is 0.625. The van der Waals surface area contributed by atoms with Gasteiger partial charge in [-0.3, -0.25) is 4.57 Å². The number of alkyl halides is 1. The SMILES string of the molecule is CCC(CC)(N(C(=O)OC(C)(C)C)S(=O)(=O)c1cc2ccc(OCCCCCCCl)cc2s1)P(=O)(O)O. The van der Waals surface area contributed by atoms with Gasteiger partial charge in [-0.25, -0.2) is 4.79 Å². The first-order chi connectivity index (χ1) is 17.1. The van der Waals surface area contributed by atoms with Crippen LogP contribution >= 0.6 is 30.5 Å². The number of benzene rings is 1. The maximum Gasteiger partial charge on any atom is 0.425 e. The van der Waals surface area contributed by atoms with Gasteiger partial charge in [-0.05, 0) is 76.1 Å². The Labute approximate surface area is 228 Å². The van der Waals surface area contributed by atoms with Crippen molar-refractivity contribution >= 4 is 56.7 Å². The first-order valence-corrected chi connectivity index (χ1v) is 16.6. The Kier molecular flexibility index (Phi) is 10.9. The van der Waals surface area contributed by atoms with Crippen LogP contribution in [0.3, 0.4) is 0 Å². The maximum absolute atomic E-state index is 13.9. The van der Waals surface area contributed by atoms with Gasteiger partial charge in [0.25, 0.3) is 10.0 Å². The highest BCUT2D eigenvalue weighted by Crippen LogP contribution is 2.58.